The van der Waals surface area contributed by atoms with E-state index in [-0.39, 0.29) is 6.04 Å². The van der Waals surface area contributed by atoms with Crippen LogP contribution in [0.25, 0.3) is 10.6 Å². The van der Waals surface area contributed by atoms with Gasteiger partial charge in [0.25, 0.3) is 0 Å². The van der Waals surface area contributed by atoms with Gasteiger partial charge in [-0.15, -0.1) is 11.3 Å². The van der Waals surface area contributed by atoms with Crippen molar-refractivity contribution in [3.63, 3.8) is 0 Å². The number of nitrogens with two attached hydrogens (primary N) is 1. The van der Waals surface area contributed by atoms with E-state index < -0.39 is 0 Å². The highest BCUT2D eigenvalue weighted by Gasteiger charge is 2.08. The molecule has 4 heteroatoms. The molecule has 2 aromatic heterocycles. The summed E-state index contributed by atoms with van der Waals surface area (Å²) in [5, 5.41) is 2.05. The number of nitrogens with one attached hydrogen (secondary N) is 1. The van der Waals surface area contributed by atoms with Crippen LogP contribution in [0.15, 0.2) is 23.7 Å². The zero-order valence-electron chi connectivity index (χ0n) is 8.03. The Morgan fingerprint density at radius 3 is 3.14 bits per heavy atom. The minimum absolute atomic E-state index is 0.0173. The van der Waals surface area contributed by atoms with Crippen LogP contribution >= 0.6 is 11.3 Å². The average Bonchev–Trinajstić information content (AvgIpc) is 2.86. The molecule has 0 radical (unpaired) electrons. The summed E-state index contributed by atoms with van der Waals surface area (Å²) in [5.41, 5.74) is 6.93. The predicted octanol–water partition coefficient (Wildman–Crippen LogP) is 2.55. The summed E-state index contributed by atoms with van der Waals surface area (Å²) in [4.78, 5) is 8.71. The van der Waals surface area contributed by atoms with Gasteiger partial charge in [0.1, 0.15) is 5.82 Å². The van der Waals surface area contributed by atoms with E-state index in [0.29, 0.717) is 0 Å². The predicted molar refractivity (Wildman–Crippen MR) is 59.1 cm³/mol. The van der Waals surface area contributed by atoms with Gasteiger partial charge in [-0.1, -0.05) is 13.0 Å². The van der Waals surface area contributed by atoms with Gasteiger partial charge in [-0.25, -0.2) is 4.98 Å². The fourth-order valence-corrected chi connectivity index (χ4v) is 1.97. The monoisotopic (exact) mass is 207 g/mol. The van der Waals surface area contributed by atoms with Crippen LogP contribution in [0.3, 0.4) is 0 Å². The van der Waals surface area contributed by atoms with Crippen molar-refractivity contribution in [3.8, 4) is 10.6 Å². The zero-order valence-corrected chi connectivity index (χ0v) is 8.84. The topological polar surface area (TPSA) is 54.7 Å². The molecule has 0 aliphatic heterocycles. The molecule has 74 valence electrons. The quantitative estimate of drug-likeness (QED) is 0.812. The van der Waals surface area contributed by atoms with Gasteiger partial charge < -0.3 is 10.7 Å². The molecule has 2 rings (SSSR count). The number of hydrogen-bond donors (Lipinski definition) is 2. The van der Waals surface area contributed by atoms with E-state index in [4.69, 9.17) is 5.73 Å². The van der Waals surface area contributed by atoms with Gasteiger partial charge in [0.05, 0.1) is 22.8 Å². The molecule has 1 atom stereocenters. The van der Waals surface area contributed by atoms with Crippen LogP contribution in [0.2, 0.25) is 0 Å². The normalized spacial score (nSPS) is 13.0. The molecule has 0 aromatic carbocycles. The van der Waals surface area contributed by atoms with Crippen molar-refractivity contribution in [1.29, 1.82) is 0 Å². The minimum atomic E-state index is 0.0173. The number of nitrogens with zero attached hydrogens (tertiary/aromatic N) is 1. The van der Waals surface area contributed by atoms with E-state index in [2.05, 4.69) is 28.3 Å². The molecular weight excluding hydrogens is 194 g/mol. The Morgan fingerprint density at radius 2 is 2.50 bits per heavy atom. The molecule has 3 nitrogen and oxygen atoms in total. The summed E-state index contributed by atoms with van der Waals surface area (Å²) in [6, 6.07) is 4.11. The van der Waals surface area contributed by atoms with Crippen molar-refractivity contribution in [2.24, 2.45) is 5.73 Å². The third-order valence-electron chi connectivity index (χ3n) is 2.17. The van der Waals surface area contributed by atoms with Crippen molar-refractivity contribution in [1.82, 2.24) is 9.97 Å². The van der Waals surface area contributed by atoms with Gasteiger partial charge in [-0.05, 0) is 17.9 Å². The lowest BCUT2D eigenvalue weighted by atomic mass is 10.2. The summed E-state index contributed by atoms with van der Waals surface area (Å²) in [5.74, 6) is 0.871. The average molecular weight is 207 g/mol. The van der Waals surface area contributed by atoms with Crippen LogP contribution in [-0.4, -0.2) is 9.97 Å². The van der Waals surface area contributed by atoms with Crippen molar-refractivity contribution < 1.29 is 0 Å². The standard InChI is InChI=1S/C10H13N3S/c1-2-7(11)10-12-6-8(13-10)9-4-3-5-14-9/h3-7H,2,11H2,1H3,(H,12,13). The highest BCUT2D eigenvalue weighted by atomic mass is 32.1. The first-order valence-corrected chi connectivity index (χ1v) is 5.53. The second-order valence-corrected chi connectivity index (χ2v) is 4.12. The molecule has 0 saturated carbocycles. The summed E-state index contributed by atoms with van der Waals surface area (Å²) in [6.45, 7) is 2.05. The van der Waals surface area contributed by atoms with E-state index in [1.807, 2.05) is 12.3 Å². The second kappa shape index (κ2) is 3.94. The van der Waals surface area contributed by atoms with Crippen LogP contribution in [0.1, 0.15) is 25.2 Å². The number of thiophene rings is 1. The number of imidazole rings is 1. The second-order valence-electron chi connectivity index (χ2n) is 3.17. The van der Waals surface area contributed by atoms with Crippen molar-refractivity contribution >= 4 is 11.3 Å². The Hall–Kier alpha value is -1.13. The number of H-pyrrole nitrogens is 1. The lowest BCUT2D eigenvalue weighted by Gasteiger charge is -2.02. The Kier molecular flexibility index (Phi) is 2.65. The molecule has 0 spiro atoms. The first-order chi connectivity index (χ1) is 6.81. The third kappa shape index (κ3) is 1.71. The highest BCUT2D eigenvalue weighted by Crippen LogP contribution is 2.23. The van der Waals surface area contributed by atoms with Gasteiger partial charge in [-0.2, -0.15) is 0 Å². The molecule has 0 bridgehead atoms. The molecule has 3 N–H and O–H groups in total. The van der Waals surface area contributed by atoms with Crippen molar-refractivity contribution in [2.45, 2.75) is 19.4 Å². The first-order valence-electron chi connectivity index (χ1n) is 4.65. The van der Waals surface area contributed by atoms with Gasteiger partial charge in [0.15, 0.2) is 0 Å². The zero-order chi connectivity index (χ0) is 9.97. The maximum Gasteiger partial charge on any atom is 0.123 e. The Morgan fingerprint density at radius 1 is 1.64 bits per heavy atom. The number of aromatic amines is 1. The first kappa shape index (κ1) is 9.43. The molecule has 2 heterocycles. The molecule has 1 unspecified atom stereocenters. The van der Waals surface area contributed by atoms with Crippen LogP contribution < -0.4 is 5.73 Å². The smallest absolute Gasteiger partial charge is 0.123 e. The molecule has 0 saturated heterocycles. The van der Waals surface area contributed by atoms with E-state index in [1.165, 1.54) is 4.88 Å². The van der Waals surface area contributed by atoms with Gasteiger partial charge in [0.2, 0.25) is 0 Å². The largest absolute Gasteiger partial charge is 0.340 e. The van der Waals surface area contributed by atoms with Gasteiger partial charge >= 0.3 is 0 Å². The van der Waals surface area contributed by atoms with Gasteiger partial charge in [0, 0.05) is 0 Å². The molecule has 0 aliphatic carbocycles. The Labute approximate surface area is 87.0 Å². The molecule has 0 fully saturated rings. The molecule has 14 heavy (non-hydrogen) atoms. The lowest BCUT2D eigenvalue weighted by Crippen LogP contribution is -2.10. The fourth-order valence-electron chi connectivity index (χ4n) is 1.28. The maximum absolute atomic E-state index is 5.87. The summed E-state index contributed by atoms with van der Waals surface area (Å²) in [7, 11) is 0. The Bertz CT molecular complexity index is 391. The number of hydrogen-bond acceptors (Lipinski definition) is 3. The maximum atomic E-state index is 5.87. The van der Waals surface area contributed by atoms with Crippen molar-refractivity contribution in [3.05, 3.63) is 29.5 Å². The fraction of sp³-hybridized carbons (Fsp3) is 0.300. The molecule has 0 aliphatic rings. The summed E-state index contributed by atoms with van der Waals surface area (Å²) >= 11 is 1.70. The van der Waals surface area contributed by atoms with Gasteiger partial charge in [-0.3, -0.25) is 0 Å². The van der Waals surface area contributed by atoms with Crippen LogP contribution in [-0.2, 0) is 0 Å². The number of rotatable bonds is 3. The van der Waals surface area contributed by atoms with E-state index in [9.17, 15) is 0 Å². The Balaban J connectivity index is 2.26. The summed E-state index contributed by atoms with van der Waals surface area (Å²) in [6.07, 6.45) is 2.74. The van der Waals surface area contributed by atoms with E-state index in [0.717, 1.165) is 17.9 Å². The number of aromatic nitrogens is 2. The molecular formula is C10H13N3S. The molecule has 0 amide bonds. The van der Waals surface area contributed by atoms with Crippen LogP contribution in [0.5, 0.6) is 0 Å². The van der Waals surface area contributed by atoms with Crippen LogP contribution in [0, 0.1) is 0 Å². The summed E-state index contributed by atoms with van der Waals surface area (Å²) < 4.78 is 0. The molecule has 2 aromatic rings. The SMILES string of the molecule is CCC(N)c1ncc(-c2cccs2)[nH]1. The van der Waals surface area contributed by atoms with Crippen molar-refractivity contribution in [2.75, 3.05) is 0 Å². The lowest BCUT2D eigenvalue weighted by molar-refractivity contribution is 0.658. The third-order valence-corrected chi connectivity index (χ3v) is 3.08. The van der Waals surface area contributed by atoms with Crippen LogP contribution in [0.4, 0.5) is 0 Å². The highest BCUT2D eigenvalue weighted by molar-refractivity contribution is 7.13. The van der Waals surface area contributed by atoms with E-state index >= 15 is 0 Å². The van der Waals surface area contributed by atoms with E-state index in [1.54, 1.807) is 11.3 Å². The minimum Gasteiger partial charge on any atom is -0.340 e.